The zero-order chi connectivity index (χ0) is 33.8. The Labute approximate surface area is 275 Å². The first kappa shape index (κ1) is 43.0. The van der Waals surface area contributed by atoms with Gasteiger partial charge < -0.3 is 62.8 Å². The Hall–Kier alpha value is -3.02. The molecule has 0 unspecified atom stereocenters. The first-order valence-electron chi connectivity index (χ1n) is 14.2. The summed E-state index contributed by atoms with van der Waals surface area (Å²) in [5.74, 6) is -4.75. The van der Waals surface area contributed by atoms with Crippen LogP contribution in [-0.4, -0.2) is 159 Å². The van der Waals surface area contributed by atoms with Crippen molar-refractivity contribution >= 4 is 35.4 Å². The molecule has 0 saturated carbocycles. The van der Waals surface area contributed by atoms with Crippen molar-refractivity contribution < 1.29 is 76.8 Å². The average Bonchev–Trinajstić information content (AvgIpc) is 3.02. The zero-order valence-corrected chi connectivity index (χ0v) is 26.3. The van der Waals surface area contributed by atoms with E-state index in [-0.39, 0.29) is 75.2 Å². The molecule has 0 aromatic carbocycles. The number of hydrogen-bond acceptors (Lipinski definition) is 15. The normalized spacial score (nSPS) is 20.9. The summed E-state index contributed by atoms with van der Waals surface area (Å²) in [7, 11) is 0. The van der Waals surface area contributed by atoms with E-state index in [1.165, 1.54) is 0 Å². The number of amides is 6. The van der Waals surface area contributed by atoms with E-state index < -0.39 is 93.4 Å². The second-order valence-electron chi connectivity index (χ2n) is 10.1. The minimum atomic E-state index is -1.33. The topological polar surface area (TPSA) is 306 Å². The molecule has 1 rings (SSSR count). The van der Waals surface area contributed by atoms with Crippen LogP contribution in [0.1, 0.15) is 38.5 Å². The molecule has 0 aromatic rings. The van der Waals surface area contributed by atoms with Gasteiger partial charge in [-0.1, -0.05) is 0 Å². The first-order chi connectivity index (χ1) is 21.4. The van der Waals surface area contributed by atoms with Gasteiger partial charge in [-0.2, -0.15) is 15.2 Å². The Morgan fingerprint density at radius 3 is 1.22 bits per heavy atom. The number of hydrogen-bond donors (Lipinski definition) is 12. The Morgan fingerprint density at radius 1 is 0.500 bits per heavy atom. The maximum absolute atomic E-state index is 13.4. The number of nitrogens with zero attached hydrogens (tertiary/aromatic N) is 3. The molecule has 1 aliphatic rings. The van der Waals surface area contributed by atoms with E-state index in [2.05, 4.69) is 31.9 Å². The molecule has 1 aliphatic heterocycles. The van der Waals surface area contributed by atoms with Crippen LogP contribution in [0.15, 0.2) is 0 Å². The van der Waals surface area contributed by atoms with Crippen molar-refractivity contribution in [3.63, 3.8) is 0 Å². The van der Waals surface area contributed by atoms with Gasteiger partial charge in [-0.15, -0.1) is 0 Å². The largest absolute Gasteiger partial charge is 0.379 e. The zero-order valence-electron chi connectivity index (χ0n) is 25.2. The van der Waals surface area contributed by atoms with Crippen LogP contribution in [0.3, 0.4) is 0 Å². The number of carbonyl (C=O) groups is 6. The van der Waals surface area contributed by atoms with Crippen molar-refractivity contribution in [2.45, 2.75) is 56.7 Å². The van der Waals surface area contributed by atoms with E-state index in [1.54, 1.807) is 0 Å². The van der Waals surface area contributed by atoms with E-state index in [9.17, 15) is 44.4 Å². The average molecular weight is 708 g/mol. The molecule has 1 heterocycles. The molecule has 0 bridgehead atoms. The van der Waals surface area contributed by atoms with Gasteiger partial charge in [-0.3, -0.25) is 28.8 Å². The van der Waals surface area contributed by atoms with Gasteiger partial charge in [0.15, 0.2) is 0 Å². The van der Waals surface area contributed by atoms with Crippen molar-refractivity contribution in [3.05, 3.63) is 0 Å². The summed E-state index contributed by atoms with van der Waals surface area (Å²) in [4.78, 5) is 76.5. The molecule has 0 aliphatic carbocycles. The molecule has 0 aromatic heterocycles. The van der Waals surface area contributed by atoms with Crippen LogP contribution < -0.4 is 31.9 Å². The molecule has 1 fully saturated rings. The molecular formula is C24H45FeN9O12. The van der Waals surface area contributed by atoms with Crippen molar-refractivity contribution in [2.75, 3.05) is 59.5 Å². The third-order valence-electron chi connectivity index (χ3n) is 6.45. The van der Waals surface area contributed by atoms with Crippen LogP contribution in [0.4, 0.5) is 0 Å². The van der Waals surface area contributed by atoms with Crippen LogP contribution in [0.5, 0.6) is 0 Å². The second kappa shape index (κ2) is 24.2. The van der Waals surface area contributed by atoms with Crippen LogP contribution in [0.2, 0.25) is 0 Å². The van der Waals surface area contributed by atoms with Gasteiger partial charge in [0, 0.05) is 36.7 Å². The standard InChI is InChI=1S/C24H45N9O12.Fe/c34-13-31(43)7-1-4-16-22(40)27-11-20(38)25-10-19(37)26-12-21(39)28-17(5-2-8-32(44)14-35)23(41)30-18(24(42)29-16)6-3-9-33(45)15-36;/h16-18,34-36,43-45H,1-15H2,(H,25,38)(H,26,37)(H,27,40)(H,28,39)(H,29,42)(H,30,41);/t16-,17-,18-;/m0./s1. The van der Waals surface area contributed by atoms with Gasteiger partial charge >= 0.3 is 0 Å². The molecular weight excluding hydrogens is 662 g/mol. The predicted octanol–water partition coefficient (Wildman–Crippen LogP) is -5.94. The molecule has 0 radical (unpaired) electrons. The molecule has 3 atom stereocenters. The van der Waals surface area contributed by atoms with Crippen LogP contribution in [-0.2, 0) is 45.8 Å². The third-order valence-corrected chi connectivity index (χ3v) is 6.45. The molecule has 0 spiro atoms. The number of nitrogens with one attached hydrogen (secondary N) is 6. The number of aliphatic hydroxyl groups is 3. The molecule has 22 heteroatoms. The quantitative estimate of drug-likeness (QED) is 0.0429. The van der Waals surface area contributed by atoms with E-state index in [0.29, 0.717) is 15.2 Å². The fraction of sp³-hybridized carbons (Fsp3) is 0.750. The van der Waals surface area contributed by atoms with Crippen LogP contribution in [0.25, 0.3) is 0 Å². The molecule has 21 nitrogen and oxygen atoms in total. The second-order valence-corrected chi connectivity index (χ2v) is 10.1. The minimum Gasteiger partial charge on any atom is -0.379 e. The van der Waals surface area contributed by atoms with E-state index >= 15 is 0 Å². The summed E-state index contributed by atoms with van der Waals surface area (Å²) in [5, 5.41) is 71.6. The first-order valence-corrected chi connectivity index (χ1v) is 14.2. The SMILES string of the molecule is O=C1CNC(=O)CNC(=O)[C@H](CCCN(O)CO)NC(=O)[C@H](CCCN(O)CO)NC(=O)[C@H](CCCN(O)CO)NC(=O)CN1.[Fe]. The van der Waals surface area contributed by atoms with Crippen molar-refractivity contribution in [2.24, 2.45) is 0 Å². The van der Waals surface area contributed by atoms with Gasteiger partial charge in [-0.05, 0) is 38.5 Å². The van der Waals surface area contributed by atoms with Gasteiger partial charge in [0.05, 0.1) is 19.6 Å². The molecule has 266 valence electrons. The van der Waals surface area contributed by atoms with Gasteiger partial charge in [0.2, 0.25) is 35.4 Å². The summed E-state index contributed by atoms with van der Waals surface area (Å²) in [6.07, 6.45) is 0.00948. The Kier molecular flexibility index (Phi) is 22.6. The predicted molar refractivity (Wildman–Crippen MR) is 149 cm³/mol. The number of rotatable bonds is 15. The van der Waals surface area contributed by atoms with Crippen LogP contribution in [0, 0.1) is 0 Å². The van der Waals surface area contributed by atoms with Gasteiger partial charge in [0.25, 0.3) is 0 Å². The summed E-state index contributed by atoms with van der Waals surface area (Å²) in [6, 6.07) is -3.90. The summed E-state index contributed by atoms with van der Waals surface area (Å²) in [6.45, 7) is -4.01. The Bertz CT molecular complexity index is 969. The summed E-state index contributed by atoms with van der Waals surface area (Å²) >= 11 is 0. The molecule has 6 amide bonds. The molecule has 1 saturated heterocycles. The van der Waals surface area contributed by atoms with Crippen LogP contribution >= 0.6 is 0 Å². The van der Waals surface area contributed by atoms with E-state index in [4.69, 9.17) is 15.3 Å². The fourth-order valence-electron chi connectivity index (χ4n) is 4.02. The Morgan fingerprint density at radius 2 is 0.826 bits per heavy atom. The van der Waals surface area contributed by atoms with Gasteiger partial charge in [-0.25, -0.2) is 0 Å². The smallest absolute Gasteiger partial charge is 0.243 e. The minimum absolute atomic E-state index is 0. The van der Waals surface area contributed by atoms with Gasteiger partial charge in [0.1, 0.15) is 38.3 Å². The van der Waals surface area contributed by atoms with Crippen molar-refractivity contribution in [3.8, 4) is 0 Å². The van der Waals surface area contributed by atoms with Crippen molar-refractivity contribution in [1.29, 1.82) is 0 Å². The number of carbonyl (C=O) groups excluding carboxylic acids is 6. The maximum Gasteiger partial charge on any atom is 0.243 e. The van der Waals surface area contributed by atoms with Crippen molar-refractivity contribution in [1.82, 2.24) is 47.1 Å². The summed E-state index contributed by atoms with van der Waals surface area (Å²) in [5.41, 5.74) is 0. The van der Waals surface area contributed by atoms with E-state index in [0.717, 1.165) is 0 Å². The number of hydroxylamine groups is 6. The maximum atomic E-state index is 13.4. The fourth-order valence-corrected chi connectivity index (χ4v) is 4.02. The molecule has 12 N–H and O–H groups in total. The third kappa shape index (κ3) is 18.2. The monoisotopic (exact) mass is 707 g/mol. The number of aliphatic hydroxyl groups excluding tert-OH is 3. The van der Waals surface area contributed by atoms with E-state index in [1.807, 2.05) is 0 Å². The molecule has 46 heavy (non-hydrogen) atoms. The Balaban J connectivity index is 0.0000202. The summed E-state index contributed by atoms with van der Waals surface area (Å²) < 4.78 is 0.